The lowest BCUT2D eigenvalue weighted by Gasteiger charge is -2.33. The van der Waals surface area contributed by atoms with Gasteiger partial charge in [0.2, 0.25) is 5.91 Å². The van der Waals surface area contributed by atoms with E-state index in [0.29, 0.717) is 12.6 Å². The summed E-state index contributed by atoms with van der Waals surface area (Å²) >= 11 is 0. The first-order valence-corrected chi connectivity index (χ1v) is 11.4. The lowest BCUT2D eigenvalue weighted by molar-refractivity contribution is -0.119. The molecule has 1 amide bonds. The summed E-state index contributed by atoms with van der Waals surface area (Å²) in [4.78, 5) is 13.8. The number of rotatable bonds is 8. The maximum Gasteiger partial charge on any atom is 0.217 e. The maximum absolute atomic E-state index is 13.0. The molecular formula is C26H32FN3O. The number of hydrogen-bond acceptors (Lipinski definition) is 2. The number of nitrogens with zero attached hydrogens (tertiary/aromatic N) is 2. The molecule has 1 aliphatic rings. The summed E-state index contributed by atoms with van der Waals surface area (Å²) in [6.07, 6.45) is 7.89. The fourth-order valence-corrected chi connectivity index (χ4v) is 4.59. The van der Waals surface area contributed by atoms with Crippen LogP contribution in [0.1, 0.15) is 49.8 Å². The molecule has 0 spiro atoms. The third-order valence-electron chi connectivity index (χ3n) is 6.38. The molecule has 164 valence electrons. The number of likely N-dealkylation sites (tertiary alicyclic amines) is 1. The Morgan fingerprint density at radius 3 is 2.52 bits per heavy atom. The van der Waals surface area contributed by atoms with Gasteiger partial charge in [0.1, 0.15) is 5.82 Å². The van der Waals surface area contributed by atoms with E-state index in [0.717, 1.165) is 50.9 Å². The maximum atomic E-state index is 13.0. The van der Waals surface area contributed by atoms with Gasteiger partial charge in [0.15, 0.2) is 0 Å². The van der Waals surface area contributed by atoms with Crippen LogP contribution < -0.4 is 5.32 Å². The highest BCUT2D eigenvalue weighted by atomic mass is 19.1. The molecule has 0 aliphatic carbocycles. The average molecular weight is 422 g/mol. The molecule has 2 aromatic carbocycles. The summed E-state index contributed by atoms with van der Waals surface area (Å²) in [6, 6.07) is 16.1. The van der Waals surface area contributed by atoms with E-state index in [4.69, 9.17) is 0 Å². The van der Waals surface area contributed by atoms with Crippen LogP contribution in [0.25, 0.3) is 10.9 Å². The van der Waals surface area contributed by atoms with Crippen LogP contribution in [0, 0.1) is 5.82 Å². The molecule has 1 N–H and O–H groups in total. The third kappa shape index (κ3) is 5.73. The Kier molecular flexibility index (Phi) is 7.03. The first-order chi connectivity index (χ1) is 15.1. The predicted octanol–water partition coefficient (Wildman–Crippen LogP) is 5.08. The summed E-state index contributed by atoms with van der Waals surface area (Å²) < 4.78 is 15.4. The zero-order valence-electron chi connectivity index (χ0n) is 18.3. The van der Waals surface area contributed by atoms with Crippen molar-refractivity contribution < 1.29 is 9.18 Å². The summed E-state index contributed by atoms with van der Waals surface area (Å²) in [5, 5.41) is 4.15. The van der Waals surface area contributed by atoms with Crippen LogP contribution in [0.3, 0.4) is 0 Å². The van der Waals surface area contributed by atoms with Crippen molar-refractivity contribution >= 4 is 16.8 Å². The number of amides is 1. The van der Waals surface area contributed by atoms with Gasteiger partial charge in [-0.1, -0.05) is 24.3 Å². The minimum absolute atomic E-state index is 0.000479. The van der Waals surface area contributed by atoms with Gasteiger partial charge in [0, 0.05) is 44.3 Å². The first kappa shape index (κ1) is 21.6. The molecular weight excluding hydrogens is 389 g/mol. The Balaban J connectivity index is 1.26. The highest BCUT2D eigenvalue weighted by molar-refractivity contribution is 5.81. The molecule has 4 nitrogen and oxygen atoms in total. The van der Waals surface area contributed by atoms with Gasteiger partial charge in [-0.05, 0) is 79.4 Å². The van der Waals surface area contributed by atoms with Crippen LogP contribution in [-0.2, 0) is 17.8 Å². The van der Waals surface area contributed by atoms with Crippen LogP contribution in [0.4, 0.5) is 4.39 Å². The molecule has 1 aliphatic heterocycles. The number of benzene rings is 2. The molecule has 1 fully saturated rings. The molecule has 3 aromatic rings. The monoisotopic (exact) mass is 421 g/mol. The molecule has 1 saturated heterocycles. The van der Waals surface area contributed by atoms with Crippen molar-refractivity contribution in [1.29, 1.82) is 0 Å². The van der Waals surface area contributed by atoms with Crippen molar-refractivity contribution in [2.24, 2.45) is 0 Å². The Morgan fingerprint density at radius 2 is 1.77 bits per heavy atom. The minimum atomic E-state index is -0.161. The molecule has 4 rings (SSSR count). The molecule has 31 heavy (non-hydrogen) atoms. The van der Waals surface area contributed by atoms with Crippen LogP contribution >= 0.6 is 0 Å². The van der Waals surface area contributed by atoms with Gasteiger partial charge < -0.3 is 14.8 Å². The van der Waals surface area contributed by atoms with Crippen LogP contribution in [0.5, 0.6) is 0 Å². The number of fused-ring (bicyclic) bond motifs is 1. The van der Waals surface area contributed by atoms with Crippen molar-refractivity contribution in [2.75, 3.05) is 19.6 Å². The number of aromatic nitrogens is 1. The number of hydrogen-bond donors (Lipinski definition) is 1. The topological polar surface area (TPSA) is 37.3 Å². The Labute approximate surface area is 184 Å². The number of carbonyl (C=O) groups excluding carboxylic acids is 1. The van der Waals surface area contributed by atoms with E-state index in [9.17, 15) is 9.18 Å². The number of unbranched alkanes of at least 4 members (excludes halogenated alkanes) is 1. The Bertz CT molecular complexity index is 1000. The van der Waals surface area contributed by atoms with Gasteiger partial charge in [0.25, 0.3) is 0 Å². The largest absolute Gasteiger partial charge is 0.352 e. The van der Waals surface area contributed by atoms with E-state index >= 15 is 0 Å². The normalized spacial score (nSPS) is 15.4. The molecule has 2 heterocycles. The SMILES string of the molecule is CC(=O)NCc1ccc2ccn(C3CCN(CCCCc4ccc(F)cc4)CC3)c2c1. The minimum Gasteiger partial charge on any atom is -0.352 e. The highest BCUT2D eigenvalue weighted by Crippen LogP contribution is 2.28. The van der Waals surface area contributed by atoms with Crippen molar-refractivity contribution in [3.63, 3.8) is 0 Å². The summed E-state index contributed by atoms with van der Waals surface area (Å²) in [5.74, 6) is -0.161. The Morgan fingerprint density at radius 1 is 1.03 bits per heavy atom. The van der Waals surface area contributed by atoms with Gasteiger partial charge in [-0.25, -0.2) is 4.39 Å². The van der Waals surface area contributed by atoms with Crippen LogP contribution in [0.15, 0.2) is 54.7 Å². The van der Waals surface area contributed by atoms with E-state index in [1.165, 1.54) is 22.9 Å². The zero-order chi connectivity index (χ0) is 21.6. The highest BCUT2D eigenvalue weighted by Gasteiger charge is 2.21. The van der Waals surface area contributed by atoms with E-state index in [2.05, 4.69) is 45.2 Å². The summed E-state index contributed by atoms with van der Waals surface area (Å²) in [5.41, 5.74) is 3.62. The molecule has 0 saturated carbocycles. The molecule has 0 unspecified atom stereocenters. The van der Waals surface area contributed by atoms with Crippen molar-refractivity contribution in [1.82, 2.24) is 14.8 Å². The smallest absolute Gasteiger partial charge is 0.217 e. The standard InChI is InChI=1S/C26H32FN3O/c1-20(31)28-19-22-5-8-23-11-17-30(26(23)18-22)25-12-15-29(16-13-25)14-3-2-4-21-6-9-24(27)10-7-21/h5-11,17-18,25H,2-4,12-16,19H2,1H3,(H,28,31). The van der Waals surface area contributed by atoms with Gasteiger partial charge in [-0.15, -0.1) is 0 Å². The fourth-order valence-electron chi connectivity index (χ4n) is 4.59. The van der Waals surface area contributed by atoms with E-state index < -0.39 is 0 Å². The van der Waals surface area contributed by atoms with Crippen LogP contribution in [0.2, 0.25) is 0 Å². The molecule has 1 aromatic heterocycles. The third-order valence-corrected chi connectivity index (χ3v) is 6.38. The lowest BCUT2D eigenvalue weighted by atomic mass is 10.0. The molecule has 5 heteroatoms. The zero-order valence-corrected chi connectivity index (χ0v) is 18.3. The summed E-state index contributed by atoms with van der Waals surface area (Å²) in [6.45, 7) is 5.53. The summed E-state index contributed by atoms with van der Waals surface area (Å²) in [7, 11) is 0. The van der Waals surface area contributed by atoms with Crippen molar-refractivity contribution in [3.8, 4) is 0 Å². The van der Waals surface area contributed by atoms with E-state index in [1.54, 1.807) is 19.1 Å². The van der Waals surface area contributed by atoms with Crippen molar-refractivity contribution in [3.05, 3.63) is 71.7 Å². The second-order valence-electron chi connectivity index (χ2n) is 8.68. The quantitative estimate of drug-likeness (QED) is 0.515. The lowest BCUT2D eigenvalue weighted by Crippen LogP contribution is -2.35. The number of aryl methyl sites for hydroxylation is 1. The van der Waals surface area contributed by atoms with Gasteiger partial charge in [0.05, 0.1) is 0 Å². The predicted molar refractivity (Wildman–Crippen MR) is 124 cm³/mol. The molecule has 0 bridgehead atoms. The van der Waals surface area contributed by atoms with Gasteiger partial charge in [-0.2, -0.15) is 0 Å². The Hall–Kier alpha value is -2.66. The fraction of sp³-hybridized carbons (Fsp3) is 0.423. The molecule has 0 atom stereocenters. The number of piperidine rings is 1. The van der Waals surface area contributed by atoms with E-state index in [-0.39, 0.29) is 11.7 Å². The van der Waals surface area contributed by atoms with Gasteiger partial charge >= 0.3 is 0 Å². The van der Waals surface area contributed by atoms with Gasteiger partial charge in [-0.3, -0.25) is 4.79 Å². The number of nitrogens with one attached hydrogen (secondary N) is 1. The van der Waals surface area contributed by atoms with Crippen LogP contribution in [-0.4, -0.2) is 35.0 Å². The molecule has 0 radical (unpaired) electrons. The second kappa shape index (κ2) is 10.1. The van der Waals surface area contributed by atoms with E-state index in [1.807, 2.05) is 12.1 Å². The second-order valence-corrected chi connectivity index (χ2v) is 8.68. The number of carbonyl (C=O) groups is 1. The van der Waals surface area contributed by atoms with Crippen molar-refractivity contribution in [2.45, 2.75) is 51.6 Å². The average Bonchev–Trinajstić information content (AvgIpc) is 3.20. The first-order valence-electron chi connectivity index (χ1n) is 11.4. The number of halogens is 1.